The number of benzene rings is 1. The van der Waals surface area contributed by atoms with Crippen LogP contribution in [0.1, 0.15) is 16.1 Å². The van der Waals surface area contributed by atoms with E-state index >= 15 is 0 Å². The van der Waals surface area contributed by atoms with Gasteiger partial charge in [-0.15, -0.1) is 0 Å². The fourth-order valence-electron chi connectivity index (χ4n) is 1.90. The van der Waals surface area contributed by atoms with E-state index in [9.17, 15) is 19.7 Å². The van der Waals surface area contributed by atoms with Gasteiger partial charge in [-0.1, -0.05) is 0 Å². The van der Waals surface area contributed by atoms with Gasteiger partial charge in [0.1, 0.15) is 5.69 Å². The number of rotatable bonds is 5. The number of aliphatic hydroxyl groups excluding tert-OH is 1. The molecule has 21 heavy (non-hydrogen) atoms. The molecule has 0 aliphatic carbocycles. The standard InChI is InChI=1S/C12H11N3O6/c16-6-5-9-10(12(18)19)13-14(11(9)17)7-1-3-8(4-2-7)15(20)21/h1-4,13,16H,5-6H2,(H,18,19). The van der Waals surface area contributed by atoms with E-state index in [0.29, 0.717) is 0 Å². The summed E-state index contributed by atoms with van der Waals surface area (Å²) >= 11 is 0. The molecule has 0 aliphatic rings. The number of nitro groups is 1. The van der Waals surface area contributed by atoms with Crippen molar-refractivity contribution >= 4 is 11.7 Å². The minimum absolute atomic E-state index is 0.0525. The van der Waals surface area contributed by atoms with E-state index < -0.39 is 16.5 Å². The highest BCUT2D eigenvalue weighted by Crippen LogP contribution is 2.14. The van der Waals surface area contributed by atoms with Crippen LogP contribution in [-0.4, -0.2) is 37.5 Å². The fourth-order valence-corrected chi connectivity index (χ4v) is 1.90. The maximum absolute atomic E-state index is 12.1. The summed E-state index contributed by atoms with van der Waals surface area (Å²) in [4.78, 5) is 33.2. The summed E-state index contributed by atoms with van der Waals surface area (Å²) in [5, 5.41) is 30.9. The number of nitrogens with zero attached hydrogens (tertiary/aromatic N) is 2. The zero-order valence-electron chi connectivity index (χ0n) is 10.6. The molecule has 9 nitrogen and oxygen atoms in total. The van der Waals surface area contributed by atoms with E-state index in [2.05, 4.69) is 5.10 Å². The number of non-ortho nitro benzene ring substituents is 1. The molecule has 9 heteroatoms. The van der Waals surface area contributed by atoms with Crippen molar-refractivity contribution in [1.29, 1.82) is 0 Å². The fraction of sp³-hybridized carbons (Fsp3) is 0.167. The molecule has 0 bridgehead atoms. The number of hydrogen-bond acceptors (Lipinski definition) is 5. The maximum Gasteiger partial charge on any atom is 0.354 e. The molecule has 2 rings (SSSR count). The summed E-state index contributed by atoms with van der Waals surface area (Å²) in [6.45, 7) is -0.367. The average molecular weight is 293 g/mol. The topological polar surface area (TPSA) is 138 Å². The molecule has 0 radical (unpaired) electrons. The number of H-pyrrole nitrogens is 1. The van der Waals surface area contributed by atoms with Crippen molar-refractivity contribution in [2.75, 3.05) is 6.61 Å². The third kappa shape index (κ3) is 2.67. The molecular weight excluding hydrogens is 282 g/mol. The smallest absolute Gasteiger partial charge is 0.354 e. The predicted molar refractivity (Wildman–Crippen MR) is 70.8 cm³/mol. The molecule has 0 fully saturated rings. The molecule has 2 aromatic rings. The minimum atomic E-state index is -1.32. The van der Waals surface area contributed by atoms with Crippen LogP contribution in [-0.2, 0) is 6.42 Å². The molecule has 3 N–H and O–H groups in total. The van der Waals surface area contributed by atoms with Gasteiger partial charge in [0.05, 0.1) is 16.2 Å². The van der Waals surface area contributed by atoms with Gasteiger partial charge < -0.3 is 10.2 Å². The Balaban J connectivity index is 2.54. The van der Waals surface area contributed by atoms with Gasteiger partial charge in [-0.2, -0.15) is 0 Å². The van der Waals surface area contributed by atoms with Crippen LogP contribution in [0.5, 0.6) is 0 Å². The third-order valence-electron chi connectivity index (χ3n) is 2.88. The van der Waals surface area contributed by atoms with Crippen LogP contribution in [0.25, 0.3) is 5.69 Å². The number of carboxylic acid groups (broad SMARTS) is 1. The number of nitrogens with one attached hydrogen (secondary N) is 1. The third-order valence-corrected chi connectivity index (χ3v) is 2.88. The number of carbonyl (C=O) groups is 1. The first-order chi connectivity index (χ1) is 9.95. The van der Waals surface area contributed by atoms with Crippen LogP contribution in [0.15, 0.2) is 29.1 Å². The second kappa shape index (κ2) is 5.59. The van der Waals surface area contributed by atoms with Crippen LogP contribution in [0.3, 0.4) is 0 Å². The monoisotopic (exact) mass is 293 g/mol. The Labute approximate surface area is 117 Å². The van der Waals surface area contributed by atoms with Crippen LogP contribution < -0.4 is 5.56 Å². The van der Waals surface area contributed by atoms with Crippen LogP contribution in [0, 0.1) is 10.1 Å². The van der Waals surface area contributed by atoms with Gasteiger partial charge in [0.2, 0.25) is 0 Å². The summed E-state index contributed by atoms with van der Waals surface area (Å²) in [6, 6.07) is 5.05. The van der Waals surface area contributed by atoms with E-state index in [4.69, 9.17) is 10.2 Å². The predicted octanol–water partition coefficient (Wildman–Crippen LogP) is 0.307. The lowest BCUT2D eigenvalue weighted by atomic mass is 10.2. The van der Waals surface area contributed by atoms with E-state index in [1.807, 2.05) is 0 Å². The number of aliphatic hydroxyl groups is 1. The number of aromatic carboxylic acids is 1. The lowest BCUT2D eigenvalue weighted by molar-refractivity contribution is -0.384. The quantitative estimate of drug-likeness (QED) is 0.535. The maximum atomic E-state index is 12.1. The Morgan fingerprint density at radius 2 is 1.95 bits per heavy atom. The first-order valence-electron chi connectivity index (χ1n) is 5.88. The molecule has 0 amide bonds. The van der Waals surface area contributed by atoms with Crippen LogP contribution >= 0.6 is 0 Å². The molecule has 1 aromatic carbocycles. The first kappa shape index (κ1) is 14.5. The Kier molecular flexibility index (Phi) is 3.85. The van der Waals surface area contributed by atoms with Crippen LogP contribution in [0.4, 0.5) is 5.69 Å². The van der Waals surface area contributed by atoms with E-state index in [1.54, 1.807) is 0 Å². The molecule has 0 aliphatic heterocycles. The van der Waals surface area contributed by atoms with Crippen molar-refractivity contribution in [1.82, 2.24) is 9.78 Å². The zero-order valence-corrected chi connectivity index (χ0v) is 10.6. The first-order valence-corrected chi connectivity index (χ1v) is 5.88. The molecule has 1 aromatic heterocycles. The van der Waals surface area contributed by atoms with Crippen molar-refractivity contribution in [3.8, 4) is 5.69 Å². The Morgan fingerprint density at radius 1 is 1.33 bits per heavy atom. The number of nitro benzene ring substituents is 1. The summed E-state index contributed by atoms with van der Waals surface area (Å²) in [6.07, 6.45) is -0.100. The van der Waals surface area contributed by atoms with Crippen molar-refractivity contribution in [2.45, 2.75) is 6.42 Å². The summed E-state index contributed by atoms with van der Waals surface area (Å²) in [7, 11) is 0. The van der Waals surface area contributed by atoms with Crippen molar-refractivity contribution in [3.63, 3.8) is 0 Å². The Morgan fingerprint density at radius 3 is 2.43 bits per heavy atom. The van der Waals surface area contributed by atoms with Crippen molar-refractivity contribution < 1.29 is 19.9 Å². The van der Waals surface area contributed by atoms with Gasteiger partial charge >= 0.3 is 5.97 Å². The van der Waals surface area contributed by atoms with Gasteiger partial charge in [-0.05, 0) is 12.1 Å². The molecule has 0 saturated carbocycles. The molecule has 0 saturated heterocycles. The highest BCUT2D eigenvalue weighted by atomic mass is 16.6. The molecule has 1 heterocycles. The molecule has 0 unspecified atom stereocenters. The van der Waals surface area contributed by atoms with E-state index in [0.717, 1.165) is 4.68 Å². The van der Waals surface area contributed by atoms with Crippen molar-refractivity contribution in [3.05, 3.63) is 56.0 Å². The minimum Gasteiger partial charge on any atom is -0.477 e. The molecule has 0 spiro atoms. The number of aromatic amines is 1. The van der Waals surface area contributed by atoms with Gasteiger partial charge in [0.25, 0.3) is 11.2 Å². The SMILES string of the molecule is O=C(O)c1[nH]n(-c2ccc([N+](=O)[O-])cc2)c(=O)c1CCO. The summed E-state index contributed by atoms with van der Waals surface area (Å²) < 4.78 is 0.970. The van der Waals surface area contributed by atoms with E-state index in [-0.39, 0.29) is 35.7 Å². The summed E-state index contributed by atoms with van der Waals surface area (Å²) in [5.74, 6) is -1.32. The van der Waals surface area contributed by atoms with Gasteiger partial charge in [-0.3, -0.25) is 20.0 Å². The molecule has 110 valence electrons. The normalized spacial score (nSPS) is 10.5. The highest BCUT2D eigenvalue weighted by molar-refractivity contribution is 5.87. The lowest BCUT2D eigenvalue weighted by Gasteiger charge is -2.00. The summed E-state index contributed by atoms with van der Waals surface area (Å²) in [5.41, 5.74) is -0.865. The Hall–Kier alpha value is -2.94. The largest absolute Gasteiger partial charge is 0.477 e. The number of aromatic nitrogens is 2. The van der Waals surface area contributed by atoms with Gasteiger partial charge in [0.15, 0.2) is 0 Å². The van der Waals surface area contributed by atoms with Gasteiger partial charge in [-0.25, -0.2) is 9.48 Å². The number of carboxylic acids is 1. The second-order valence-electron chi connectivity index (χ2n) is 4.16. The highest BCUT2D eigenvalue weighted by Gasteiger charge is 2.20. The molecular formula is C12H11N3O6. The molecule has 0 atom stereocenters. The Bertz CT molecular complexity index is 743. The van der Waals surface area contributed by atoms with E-state index in [1.165, 1.54) is 24.3 Å². The van der Waals surface area contributed by atoms with Crippen molar-refractivity contribution in [2.24, 2.45) is 0 Å². The number of hydrogen-bond donors (Lipinski definition) is 3. The average Bonchev–Trinajstić information content (AvgIpc) is 2.77. The second-order valence-corrected chi connectivity index (χ2v) is 4.16. The lowest BCUT2D eigenvalue weighted by Crippen LogP contribution is -2.18. The zero-order chi connectivity index (χ0) is 15.6. The van der Waals surface area contributed by atoms with Crippen LogP contribution in [0.2, 0.25) is 0 Å². The van der Waals surface area contributed by atoms with Gasteiger partial charge in [0, 0.05) is 25.2 Å².